The molecule has 2 unspecified atom stereocenters. The Labute approximate surface area is 310 Å². The minimum Gasteiger partial charge on any atom is -0.477 e. The van der Waals surface area contributed by atoms with Crippen molar-refractivity contribution in [2.45, 2.75) is 129 Å². The molecule has 0 aliphatic rings. The highest BCUT2D eigenvalue weighted by molar-refractivity contribution is 5.72. The van der Waals surface area contributed by atoms with Crippen molar-refractivity contribution >= 4 is 17.9 Å². The summed E-state index contributed by atoms with van der Waals surface area (Å²) in [5.41, 5.74) is 0. The summed E-state index contributed by atoms with van der Waals surface area (Å²) in [6.45, 7) is 4.42. The minimum absolute atomic E-state index is 0.0217. The molecule has 0 aromatic carbocycles. The van der Waals surface area contributed by atoms with E-state index in [9.17, 15) is 19.5 Å². The molecule has 8 heteroatoms. The third-order valence-corrected chi connectivity index (χ3v) is 7.82. The van der Waals surface area contributed by atoms with Crippen molar-refractivity contribution in [2.75, 3.05) is 41.0 Å². The zero-order valence-corrected chi connectivity index (χ0v) is 32.5. The van der Waals surface area contributed by atoms with Crippen molar-refractivity contribution in [3.05, 3.63) is 85.1 Å². The van der Waals surface area contributed by atoms with Gasteiger partial charge in [-0.05, 0) is 64.2 Å². The fourth-order valence-corrected chi connectivity index (χ4v) is 4.82. The third kappa shape index (κ3) is 32.2. The predicted octanol–water partition coefficient (Wildman–Crippen LogP) is 9.79. The Kier molecular flexibility index (Phi) is 31.3. The summed E-state index contributed by atoms with van der Waals surface area (Å²) in [6, 6.07) is -0.633. The fourth-order valence-electron chi connectivity index (χ4n) is 4.82. The molecule has 0 heterocycles. The molecule has 0 aliphatic heterocycles. The first-order chi connectivity index (χ1) is 24.6. The molecule has 51 heavy (non-hydrogen) atoms. The number of nitrogens with zero attached hydrogens (tertiary/aromatic N) is 1. The van der Waals surface area contributed by atoms with Crippen LogP contribution in [0, 0.1) is 0 Å². The molecule has 0 bridgehead atoms. The average Bonchev–Trinajstić information content (AvgIpc) is 3.08. The van der Waals surface area contributed by atoms with Gasteiger partial charge in [0.15, 0.2) is 12.1 Å². The first kappa shape index (κ1) is 47.5. The number of ether oxygens (including phenoxy) is 3. The van der Waals surface area contributed by atoms with Crippen LogP contribution in [0.5, 0.6) is 0 Å². The molecule has 0 radical (unpaired) electrons. The second kappa shape index (κ2) is 33.6. The van der Waals surface area contributed by atoms with Gasteiger partial charge in [-0.15, -0.1) is 0 Å². The van der Waals surface area contributed by atoms with E-state index in [1.807, 2.05) is 33.3 Å². The maximum atomic E-state index is 12.6. The van der Waals surface area contributed by atoms with Gasteiger partial charge in [-0.25, -0.2) is 4.79 Å². The maximum absolute atomic E-state index is 12.6. The topological polar surface area (TPSA) is 99.1 Å². The van der Waals surface area contributed by atoms with E-state index in [0.29, 0.717) is 19.3 Å². The van der Waals surface area contributed by atoms with Gasteiger partial charge in [0.1, 0.15) is 6.61 Å². The number of carboxylic acids is 1. The van der Waals surface area contributed by atoms with Gasteiger partial charge >= 0.3 is 17.9 Å². The van der Waals surface area contributed by atoms with E-state index >= 15 is 0 Å². The average molecular weight is 713 g/mol. The van der Waals surface area contributed by atoms with Crippen LogP contribution in [-0.4, -0.2) is 80.6 Å². The summed E-state index contributed by atoms with van der Waals surface area (Å²) in [7, 11) is 5.47. The van der Waals surface area contributed by atoms with Crippen LogP contribution in [0.25, 0.3) is 0 Å². The highest BCUT2D eigenvalue weighted by Crippen LogP contribution is 2.11. The van der Waals surface area contributed by atoms with E-state index in [4.69, 9.17) is 14.2 Å². The quantitative estimate of drug-likeness (QED) is 0.0244. The van der Waals surface area contributed by atoms with Crippen LogP contribution in [0.1, 0.15) is 117 Å². The van der Waals surface area contributed by atoms with E-state index in [1.165, 1.54) is 12.8 Å². The van der Waals surface area contributed by atoms with E-state index in [-0.39, 0.29) is 49.1 Å². The molecule has 0 saturated heterocycles. The van der Waals surface area contributed by atoms with Crippen molar-refractivity contribution in [3.8, 4) is 0 Å². The van der Waals surface area contributed by atoms with Gasteiger partial charge in [-0.2, -0.15) is 0 Å². The Bertz CT molecular complexity index is 1110. The summed E-state index contributed by atoms with van der Waals surface area (Å²) in [6.07, 6.45) is 42.2. The molecule has 0 spiro atoms. The van der Waals surface area contributed by atoms with Gasteiger partial charge in [0.05, 0.1) is 34.4 Å². The van der Waals surface area contributed by atoms with Crippen LogP contribution >= 0.6 is 0 Å². The molecule has 288 valence electrons. The number of esters is 2. The number of quaternary nitrogens is 1. The number of likely N-dealkylation sites (N-methyl/N-ethyl adjacent to an activating group) is 1. The number of rotatable bonds is 32. The SMILES string of the molecule is CC/C=C/C/C=C/C/C=C/C/C=C/C/C=C/CCC(=O)OCC(COCCC(C(=O)O)[N+](C)(C)C)OC(=O)CCCCC/C=C/C=C/CCCC. The van der Waals surface area contributed by atoms with Crippen LogP contribution in [0.3, 0.4) is 0 Å². The Hall–Kier alpha value is -3.49. The normalized spacial score (nSPS) is 14.0. The first-order valence-electron chi connectivity index (χ1n) is 19.1. The number of hydrogen-bond donors (Lipinski definition) is 1. The molecule has 0 amide bonds. The summed E-state index contributed by atoms with van der Waals surface area (Å²) in [5, 5.41) is 9.58. The molecule has 8 nitrogen and oxygen atoms in total. The third-order valence-electron chi connectivity index (χ3n) is 7.82. The molecular weight excluding hydrogens is 642 g/mol. The van der Waals surface area contributed by atoms with Crippen molar-refractivity contribution < 1.29 is 38.2 Å². The Morgan fingerprint density at radius 1 is 0.627 bits per heavy atom. The summed E-state index contributed by atoms with van der Waals surface area (Å²) < 4.78 is 17.1. The van der Waals surface area contributed by atoms with Crippen molar-refractivity contribution in [2.24, 2.45) is 0 Å². The monoisotopic (exact) mass is 713 g/mol. The highest BCUT2D eigenvalue weighted by atomic mass is 16.6. The molecule has 0 aromatic heterocycles. The standard InChI is InChI=1S/C43H69NO7/c1-6-8-10-12-14-16-18-19-20-21-22-24-25-27-29-31-33-41(45)50-38-39(37-49-36-35-40(43(47)48)44(3,4)5)51-42(46)34-32-30-28-26-23-17-15-13-11-9-7-2/h8,10,13-17,19-20,22-24,27,29,39-40H,6-7,9,11-12,18,21,25-26,28,30-38H2,1-5H3/p+1/b10-8+,15-13+,16-14+,20-19+,23-17+,24-22+,29-27+. The molecule has 0 aliphatic carbocycles. The van der Waals surface area contributed by atoms with Crippen LogP contribution in [-0.2, 0) is 28.6 Å². The second-order valence-electron chi connectivity index (χ2n) is 13.5. The van der Waals surface area contributed by atoms with Gasteiger partial charge in [-0.3, -0.25) is 9.59 Å². The number of aliphatic carboxylic acids is 1. The lowest BCUT2D eigenvalue weighted by atomic mass is 10.1. The van der Waals surface area contributed by atoms with Crippen molar-refractivity contribution in [1.82, 2.24) is 0 Å². The van der Waals surface area contributed by atoms with Gasteiger partial charge in [0, 0.05) is 19.3 Å². The molecule has 0 aromatic rings. The Morgan fingerprint density at radius 2 is 1.20 bits per heavy atom. The number of carbonyl (C=O) groups excluding carboxylic acids is 2. The first-order valence-corrected chi connectivity index (χ1v) is 19.1. The van der Waals surface area contributed by atoms with Gasteiger partial charge in [0.2, 0.25) is 0 Å². The molecule has 2 atom stereocenters. The van der Waals surface area contributed by atoms with E-state index in [1.54, 1.807) is 0 Å². The largest absolute Gasteiger partial charge is 0.477 e. The summed E-state index contributed by atoms with van der Waals surface area (Å²) in [5.74, 6) is -1.63. The number of hydrogen-bond acceptors (Lipinski definition) is 6. The van der Waals surface area contributed by atoms with Crippen molar-refractivity contribution in [1.29, 1.82) is 0 Å². The number of allylic oxidation sites excluding steroid dienone is 14. The Morgan fingerprint density at radius 3 is 1.75 bits per heavy atom. The van der Waals surface area contributed by atoms with E-state index in [2.05, 4.69) is 86.8 Å². The second-order valence-corrected chi connectivity index (χ2v) is 13.5. The lowest BCUT2D eigenvalue weighted by molar-refractivity contribution is -0.887. The maximum Gasteiger partial charge on any atom is 0.362 e. The van der Waals surface area contributed by atoms with Crippen LogP contribution in [0.4, 0.5) is 0 Å². The van der Waals surface area contributed by atoms with Crippen LogP contribution in [0.2, 0.25) is 0 Å². The summed E-state index contributed by atoms with van der Waals surface area (Å²) >= 11 is 0. The lowest BCUT2D eigenvalue weighted by Gasteiger charge is -2.31. The molecule has 0 saturated carbocycles. The van der Waals surface area contributed by atoms with E-state index < -0.39 is 18.1 Å². The number of unbranched alkanes of at least 4 members (excludes halogenated alkanes) is 5. The zero-order valence-electron chi connectivity index (χ0n) is 32.5. The van der Waals surface area contributed by atoms with Gasteiger partial charge in [0.25, 0.3) is 0 Å². The lowest BCUT2D eigenvalue weighted by Crippen LogP contribution is -2.50. The molecule has 0 fully saturated rings. The zero-order chi connectivity index (χ0) is 37.8. The molecule has 1 N–H and O–H groups in total. The van der Waals surface area contributed by atoms with Crippen LogP contribution in [0.15, 0.2) is 85.1 Å². The van der Waals surface area contributed by atoms with Gasteiger partial charge in [-0.1, -0.05) is 118 Å². The smallest absolute Gasteiger partial charge is 0.362 e. The highest BCUT2D eigenvalue weighted by Gasteiger charge is 2.31. The molecular formula is C43H70NO7+. The summed E-state index contributed by atoms with van der Waals surface area (Å²) in [4.78, 5) is 36.7. The predicted molar refractivity (Wildman–Crippen MR) is 210 cm³/mol. The molecule has 0 rings (SSSR count). The van der Waals surface area contributed by atoms with Gasteiger partial charge < -0.3 is 23.8 Å². The minimum atomic E-state index is -0.894. The number of carboxylic acid groups (broad SMARTS) is 1. The van der Waals surface area contributed by atoms with Crippen LogP contribution < -0.4 is 0 Å². The number of carbonyl (C=O) groups is 3. The van der Waals surface area contributed by atoms with E-state index in [0.717, 1.165) is 57.8 Å². The van der Waals surface area contributed by atoms with Crippen molar-refractivity contribution in [3.63, 3.8) is 0 Å². The fraction of sp³-hybridized carbons (Fsp3) is 0.605. The Balaban J connectivity index is 4.59.